The number of amides is 2. The van der Waals surface area contributed by atoms with Gasteiger partial charge in [0, 0.05) is 54.8 Å². The minimum absolute atomic E-state index is 0.0825. The second-order valence-electron chi connectivity index (χ2n) is 11.0. The fourth-order valence-electron chi connectivity index (χ4n) is 5.41. The molecule has 230 valence electrons. The van der Waals surface area contributed by atoms with Crippen molar-refractivity contribution >= 4 is 40.1 Å². The molecule has 0 spiro atoms. The number of para-hydroxylation sites is 2. The number of nitrogens with one attached hydrogen (secondary N) is 3. The Balaban J connectivity index is 1.29. The van der Waals surface area contributed by atoms with E-state index in [2.05, 4.69) is 28.6 Å². The smallest absolute Gasteiger partial charge is 0.305 e. The molecular formula is C35H40N4O5. The Morgan fingerprint density at radius 2 is 1.86 bits per heavy atom. The van der Waals surface area contributed by atoms with Gasteiger partial charge in [0.05, 0.1) is 24.6 Å². The number of H-pyrrole nitrogens is 1. The quantitative estimate of drug-likeness (QED) is 0.131. The molecule has 0 radical (unpaired) electrons. The summed E-state index contributed by atoms with van der Waals surface area (Å²) in [5, 5.41) is 7.48. The van der Waals surface area contributed by atoms with Crippen molar-refractivity contribution in [3.8, 4) is 16.9 Å². The molecule has 3 aromatic carbocycles. The topological polar surface area (TPSA) is 113 Å². The van der Waals surface area contributed by atoms with Crippen LogP contribution in [0.5, 0.6) is 5.75 Å². The highest BCUT2D eigenvalue weighted by molar-refractivity contribution is 6.08. The zero-order chi connectivity index (χ0) is 30.9. The maximum Gasteiger partial charge on any atom is 0.305 e. The molecule has 44 heavy (non-hydrogen) atoms. The lowest BCUT2D eigenvalue weighted by Crippen LogP contribution is -2.32. The molecule has 9 heteroatoms. The summed E-state index contributed by atoms with van der Waals surface area (Å²) in [7, 11) is 0. The number of carbonyl (C=O) groups is 3. The van der Waals surface area contributed by atoms with Crippen LogP contribution in [0.1, 0.15) is 56.3 Å². The highest BCUT2D eigenvalue weighted by Gasteiger charge is 2.25. The van der Waals surface area contributed by atoms with Crippen molar-refractivity contribution < 1.29 is 23.9 Å². The molecule has 2 amide bonds. The largest absolute Gasteiger partial charge is 0.493 e. The highest BCUT2D eigenvalue weighted by Crippen LogP contribution is 2.35. The van der Waals surface area contributed by atoms with E-state index in [9.17, 15) is 14.4 Å². The number of benzene rings is 3. The van der Waals surface area contributed by atoms with Gasteiger partial charge in [0.15, 0.2) is 0 Å². The normalized spacial score (nSPS) is 14.3. The van der Waals surface area contributed by atoms with Crippen molar-refractivity contribution in [1.29, 1.82) is 0 Å². The molecule has 3 N–H and O–H groups in total. The van der Waals surface area contributed by atoms with Crippen LogP contribution in [0.4, 0.5) is 11.4 Å². The molecule has 5 rings (SSSR count). The predicted molar refractivity (Wildman–Crippen MR) is 173 cm³/mol. The molecule has 0 saturated heterocycles. The minimum Gasteiger partial charge on any atom is -0.493 e. The summed E-state index contributed by atoms with van der Waals surface area (Å²) in [6.45, 7) is 5.63. The van der Waals surface area contributed by atoms with Gasteiger partial charge in [0.2, 0.25) is 5.91 Å². The first kappa shape index (κ1) is 30.7. The molecule has 4 aromatic rings. The van der Waals surface area contributed by atoms with Crippen molar-refractivity contribution in [3.05, 3.63) is 78.5 Å². The fraction of sp³-hybridized carbons (Fsp3) is 0.343. The van der Waals surface area contributed by atoms with Gasteiger partial charge in [-0.2, -0.15) is 0 Å². The van der Waals surface area contributed by atoms with Crippen LogP contribution in [0.2, 0.25) is 0 Å². The fourth-order valence-corrected chi connectivity index (χ4v) is 5.41. The lowest BCUT2D eigenvalue weighted by atomic mass is 10.0. The zero-order valence-corrected chi connectivity index (χ0v) is 25.4. The number of hydrogen-bond acceptors (Lipinski definition) is 6. The molecule has 1 aromatic heterocycles. The molecule has 1 aliphatic rings. The maximum absolute atomic E-state index is 13.9. The average Bonchev–Trinajstić information content (AvgIpc) is 3.42. The van der Waals surface area contributed by atoms with Gasteiger partial charge in [-0.1, -0.05) is 18.2 Å². The number of esters is 1. The third-order valence-corrected chi connectivity index (χ3v) is 7.71. The van der Waals surface area contributed by atoms with Gasteiger partial charge in [-0.3, -0.25) is 14.4 Å². The van der Waals surface area contributed by atoms with E-state index in [1.54, 1.807) is 6.92 Å². The Hall–Kier alpha value is -4.79. The molecule has 0 saturated carbocycles. The van der Waals surface area contributed by atoms with Crippen LogP contribution >= 0.6 is 0 Å². The summed E-state index contributed by atoms with van der Waals surface area (Å²) in [6, 6.07) is 22.0. The predicted octanol–water partition coefficient (Wildman–Crippen LogP) is 6.30. The Bertz CT molecular complexity index is 1610. The summed E-state index contributed by atoms with van der Waals surface area (Å²) in [5.74, 6) is 0.137. The van der Waals surface area contributed by atoms with Crippen LogP contribution in [-0.2, 0) is 14.3 Å². The third kappa shape index (κ3) is 7.58. The van der Waals surface area contributed by atoms with Gasteiger partial charge in [0.1, 0.15) is 5.75 Å². The van der Waals surface area contributed by atoms with Gasteiger partial charge in [-0.05, 0) is 92.6 Å². The van der Waals surface area contributed by atoms with Crippen molar-refractivity contribution in [1.82, 2.24) is 10.3 Å². The van der Waals surface area contributed by atoms with Crippen LogP contribution in [0.15, 0.2) is 72.9 Å². The first-order valence-corrected chi connectivity index (χ1v) is 15.4. The second kappa shape index (κ2) is 14.6. The van der Waals surface area contributed by atoms with E-state index in [1.165, 1.54) is 0 Å². The molecule has 0 aliphatic carbocycles. The summed E-state index contributed by atoms with van der Waals surface area (Å²) >= 11 is 0. The Morgan fingerprint density at radius 1 is 1.00 bits per heavy atom. The van der Waals surface area contributed by atoms with E-state index >= 15 is 0 Å². The third-order valence-electron chi connectivity index (χ3n) is 7.71. The molecule has 0 unspecified atom stereocenters. The number of carbonyl (C=O) groups excluding carboxylic acids is 3. The van der Waals surface area contributed by atoms with Crippen LogP contribution in [-0.4, -0.2) is 55.1 Å². The summed E-state index contributed by atoms with van der Waals surface area (Å²) < 4.78 is 11.2. The highest BCUT2D eigenvalue weighted by atomic mass is 16.5. The number of anilines is 2. The number of nitrogens with zero attached hydrogens (tertiary/aromatic N) is 1. The number of ether oxygens (including phenoxy) is 2. The van der Waals surface area contributed by atoms with Crippen LogP contribution in [0.25, 0.3) is 22.0 Å². The Labute approximate surface area is 257 Å². The van der Waals surface area contributed by atoms with Crippen LogP contribution in [0, 0.1) is 0 Å². The van der Waals surface area contributed by atoms with Crippen LogP contribution < -0.4 is 20.3 Å². The van der Waals surface area contributed by atoms with E-state index in [0.29, 0.717) is 50.5 Å². The Kier molecular flexibility index (Phi) is 10.2. The maximum atomic E-state index is 13.9. The van der Waals surface area contributed by atoms with E-state index in [1.807, 2.05) is 71.8 Å². The van der Waals surface area contributed by atoms with E-state index in [0.717, 1.165) is 39.8 Å². The van der Waals surface area contributed by atoms with Gasteiger partial charge in [-0.15, -0.1) is 0 Å². The lowest BCUT2D eigenvalue weighted by molar-refractivity contribution is -0.143. The monoisotopic (exact) mass is 596 g/mol. The number of hydrogen-bond donors (Lipinski definition) is 3. The van der Waals surface area contributed by atoms with Gasteiger partial charge in [0.25, 0.3) is 5.91 Å². The van der Waals surface area contributed by atoms with Crippen molar-refractivity contribution in [2.75, 3.05) is 36.5 Å². The SMILES string of the molecule is CCOC(=O)CCCC(=O)NCCCOc1cc(C(=O)N2CC[C@H](C)Nc3ccccc32)ccc1-c1ccc2[nH]ccc2c1. The molecule has 1 aliphatic heterocycles. The summed E-state index contributed by atoms with van der Waals surface area (Å²) in [6.07, 6.45) is 4.27. The van der Waals surface area contributed by atoms with E-state index < -0.39 is 0 Å². The van der Waals surface area contributed by atoms with Crippen LogP contribution in [0.3, 0.4) is 0 Å². The number of rotatable bonds is 12. The van der Waals surface area contributed by atoms with Gasteiger partial charge < -0.3 is 30.0 Å². The first-order chi connectivity index (χ1) is 21.4. The van der Waals surface area contributed by atoms with E-state index in [-0.39, 0.29) is 36.7 Å². The number of fused-ring (bicyclic) bond motifs is 2. The molecule has 1 atom stereocenters. The Morgan fingerprint density at radius 3 is 2.73 bits per heavy atom. The lowest BCUT2D eigenvalue weighted by Gasteiger charge is -2.23. The zero-order valence-electron chi connectivity index (χ0n) is 25.4. The number of aromatic amines is 1. The molecular weight excluding hydrogens is 556 g/mol. The van der Waals surface area contributed by atoms with Crippen molar-refractivity contribution in [3.63, 3.8) is 0 Å². The van der Waals surface area contributed by atoms with Gasteiger partial charge >= 0.3 is 5.97 Å². The first-order valence-electron chi connectivity index (χ1n) is 15.4. The molecule has 9 nitrogen and oxygen atoms in total. The molecule has 0 fully saturated rings. The van der Waals surface area contributed by atoms with Gasteiger partial charge in [-0.25, -0.2) is 0 Å². The summed E-state index contributed by atoms with van der Waals surface area (Å²) in [5.41, 5.74) is 5.28. The van der Waals surface area contributed by atoms with Crippen molar-refractivity contribution in [2.45, 2.75) is 52.0 Å². The van der Waals surface area contributed by atoms with E-state index in [4.69, 9.17) is 9.47 Å². The second-order valence-corrected chi connectivity index (χ2v) is 11.0. The summed E-state index contributed by atoms with van der Waals surface area (Å²) in [4.78, 5) is 42.7. The number of aromatic nitrogens is 1. The molecule has 2 heterocycles. The molecule has 0 bridgehead atoms. The average molecular weight is 597 g/mol. The standard InChI is InChI=1S/C35H40N4O5/c1-3-43-34(41)11-6-10-33(40)37-18-7-21-44-32-23-27(12-14-28(32)25-13-15-29-26(22-25)16-19-36-29)35(42)39-20-17-24(2)38-30-8-4-5-9-31(30)39/h4-5,8-9,12-16,19,22-24,36,38H,3,6-7,10-11,17-18,20-21H2,1-2H3,(H,37,40)/t24-/m0/s1. The minimum atomic E-state index is -0.285. The van der Waals surface area contributed by atoms with Crippen molar-refractivity contribution in [2.24, 2.45) is 0 Å².